The Morgan fingerprint density at radius 1 is 1.33 bits per heavy atom. The molecule has 2 aromatic rings. The van der Waals surface area contributed by atoms with Crippen molar-refractivity contribution in [1.82, 2.24) is 10.3 Å². The van der Waals surface area contributed by atoms with E-state index in [1.54, 1.807) is 11.3 Å². The fourth-order valence-corrected chi connectivity index (χ4v) is 3.47. The SMILES string of the molecule is CCCNC(Cc1csc(C)n1)c1ccsc1C. The van der Waals surface area contributed by atoms with Crippen LogP contribution in [0.25, 0.3) is 0 Å². The Kier molecular flexibility index (Phi) is 4.92. The predicted octanol–water partition coefficient (Wildman–Crippen LogP) is 4.10. The third-order valence-electron chi connectivity index (χ3n) is 2.99. The monoisotopic (exact) mass is 280 g/mol. The van der Waals surface area contributed by atoms with Gasteiger partial charge in [-0.05, 0) is 43.8 Å². The summed E-state index contributed by atoms with van der Waals surface area (Å²) in [4.78, 5) is 5.99. The van der Waals surface area contributed by atoms with Crippen molar-refractivity contribution in [1.29, 1.82) is 0 Å². The van der Waals surface area contributed by atoms with Crippen molar-refractivity contribution in [3.63, 3.8) is 0 Å². The van der Waals surface area contributed by atoms with Crippen LogP contribution in [0, 0.1) is 13.8 Å². The first-order valence-electron chi connectivity index (χ1n) is 6.39. The highest BCUT2D eigenvalue weighted by molar-refractivity contribution is 7.10. The highest BCUT2D eigenvalue weighted by Gasteiger charge is 2.15. The Hall–Kier alpha value is -0.710. The van der Waals surface area contributed by atoms with Crippen LogP contribution in [0.5, 0.6) is 0 Å². The fraction of sp³-hybridized carbons (Fsp3) is 0.500. The van der Waals surface area contributed by atoms with Crippen LogP contribution in [-0.2, 0) is 6.42 Å². The molecule has 0 radical (unpaired) electrons. The van der Waals surface area contributed by atoms with E-state index < -0.39 is 0 Å². The van der Waals surface area contributed by atoms with Gasteiger partial charge in [0.1, 0.15) is 0 Å². The van der Waals surface area contributed by atoms with Gasteiger partial charge in [0, 0.05) is 22.7 Å². The average molecular weight is 280 g/mol. The molecule has 98 valence electrons. The van der Waals surface area contributed by atoms with Gasteiger partial charge in [0.2, 0.25) is 0 Å². The van der Waals surface area contributed by atoms with Crippen LogP contribution in [-0.4, -0.2) is 11.5 Å². The van der Waals surface area contributed by atoms with E-state index in [9.17, 15) is 0 Å². The van der Waals surface area contributed by atoms with Crippen molar-refractivity contribution >= 4 is 22.7 Å². The van der Waals surface area contributed by atoms with Gasteiger partial charge in [-0.15, -0.1) is 22.7 Å². The maximum Gasteiger partial charge on any atom is 0.0897 e. The van der Waals surface area contributed by atoms with Gasteiger partial charge in [-0.1, -0.05) is 6.92 Å². The summed E-state index contributed by atoms with van der Waals surface area (Å²) in [6.45, 7) is 7.53. The van der Waals surface area contributed by atoms with E-state index in [0.717, 1.165) is 24.4 Å². The zero-order valence-electron chi connectivity index (χ0n) is 11.2. The molecule has 18 heavy (non-hydrogen) atoms. The van der Waals surface area contributed by atoms with Crippen molar-refractivity contribution in [2.75, 3.05) is 6.54 Å². The average Bonchev–Trinajstić information content (AvgIpc) is 2.93. The minimum atomic E-state index is 0.401. The van der Waals surface area contributed by atoms with Gasteiger partial charge < -0.3 is 5.32 Å². The Morgan fingerprint density at radius 2 is 2.17 bits per heavy atom. The van der Waals surface area contributed by atoms with E-state index in [1.807, 2.05) is 11.3 Å². The molecule has 2 heterocycles. The van der Waals surface area contributed by atoms with E-state index in [2.05, 4.69) is 47.9 Å². The molecule has 0 spiro atoms. The molecule has 0 aliphatic heterocycles. The molecule has 1 atom stereocenters. The van der Waals surface area contributed by atoms with Crippen LogP contribution in [0.15, 0.2) is 16.8 Å². The molecule has 0 saturated carbocycles. The number of hydrogen-bond donors (Lipinski definition) is 1. The van der Waals surface area contributed by atoms with Crippen LogP contribution in [0.4, 0.5) is 0 Å². The number of nitrogens with one attached hydrogen (secondary N) is 1. The van der Waals surface area contributed by atoms with Gasteiger partial charge in [0.15, 0.2) is 0 Å². The van der Waals surface area contributed by atoms with Gasteiger partial charge in [-0.3, -0.25) is 0 Å². The molecular formula is C14H20N2S2. The summed E-state index contributed by atoms with van der Waals surface area (Å²) in [5.41, 5.74) is 2.64. The van der Waals surface area contributed by atoms with Crippen molar-refractivity contribution in [2.45, 2.75) is 39.7 Å². The molecule has 2 rings (SSSR count). The molecule has 0 aromatic carbocycles. The third-order valence-corrected chi connectivity index (χ3v) is 4.68. The summed E-state index contributed by atoms with van der Waals surface area (Å²) >= 11 is 3.56. The smallest absolute Gasteiger partial charge is 0.0897 e. The second kappa shape index (κ2) is 6.45. The number of hydrogen-bond acceptors (Lipinski definition) is 4. The highest BCUT2D eigenvalue weighted by Crippen LogP contribution is 2.26. The quantitative estimate of drug-likeness (QED) is 0.861. The standard InChI is InChI=1S/C14H20N2S2/c1-4-6-15-14(13-5-7-17-10(13)2)8-12-9-18-11(3)16-12/h5,7,9,14-15H,4,6,8H2,1-3H3. The summed E-state index contributed by atoms with van der Waals surface area (Å²) in [6.07, 6.45) is 2.15. The van der Waals surface area contributed by atoms with E-state index in [1.165, 1.54) is 16.1 Å². The van der Waals surface area contributed by atoms with Gasteiger partial charge in [-0.2, -0.15) is 0 Å². The topological polar surface area (TPSA) is 24.9 Å². The minimum absolute atomic E-state index is 0.401. The molecule has 0 aliphatic carbocycles. The lowest BCUT2D eigenvalue weighted by Gasteiger charge is -2.17. The zero-order valence-corrected chi connectivity index (χ0v) is 12.8. The molecule has 2 aromatic heterocycles. The molecule has 1 unspecified atom stereocenters. The summed E-state index contributed by atoms with van der Waals surface area (Å²) in [7, 11) is 0. The predicted molar refractivity (Wildman–Crippen MR) is 80.6 cm³/mol. The molecule has 4 heteroatoms. The number of aromatic nitrogens is 1. The van der Waals surface area contributed by atoms with Crippen molar-refractivity contribution in [2.24, 2.45) is 0 Å². The number of thiophene rings is 1. The largest absolute Gasteiger partial charge is 0.310 e. The zero-order chi connectivity index (χ0) is 13.0. The highest BCUT2D eigenvalue weighted by atomic mass is 32.1. The molecule has 2 nitrogen and oxygen atoms in total. The lowest BCUT2D eigenvalue weighted by Crippen LogP contribution is -2.24. The lowest BCUT2D eigenvalue weighted by molar-refractivity contribution is 0.524. The Morgan fingerprint density at radius 3 is 2.72 bits per heavy atom. The molecule has 0 bridgehead atoms. The van der Waals surface area contributed by atoms with Crippen molar-refractivity contribution < 1.29 is 0 Å². The van der Waals surface area contributed by atoms with E-state index >= 15 is 0 Å². The summed E-state index contributed by atoms with van der Waals surface area (Å²) in [5.74, 6) is 0. The summed E-state index contributed by atoms with van der Waals surface area (Å²) in [5, 5.41) is 9.15. The summed E-state index contributed by atoms with van der Waals surface area (Å²) in [6, 6.07) is 2.64. The molecule has 0 saturated heterocycles. The van der Waals surface area contributed by atoms with E-state index in [0.29, 0.717) is 6.04 Å². The van der Waals surface area contributed by atoms with Crippen molar-refractivity contribution in [3.05, 3.63) is 38.0 Å². The molecule has 1 N–H and O–H groups in total. The maximum absolute atomic E-state index is 4.58. The summed E-state index contributed by atoms with van der Waals surface area (Å²) < 4.78 is 0. The second-order valence-corrected chi connectivity index (χ2v) is 6.68. The minimum Gasteiger partial charge on any atom is -0.310 e. The Bertz CT molecular complexity index is 487. The van der Waals surface area contributed by atoms with Crippen LogP contribution < -0.4 is 5.32 Å². The van der Waals surface area contributed by atoms with Crippen LogP contribution >= 0.6 is 22.7 Å². The first-order chi connectivity index (χ1) is 8.70. The molecule has 0 fully saturated rings. The molecule has 0 amide bonds. The van der Waals surface area contributed by atoms with Gasteiger partial charge in [0.05, 0.1) is 10.7 Å². The molecule has 0 aliphatic rings. The Balaban J connectivity index is 2.12. The number of aryl methyl sites for hydroxylation is 2. The number of nitrogens with zero attached hydrogens (tertiary/aromatic N) is 1. The number of rotatable bonds is 6. The van der Waals surface area contributed by atoms with E-state index in [4.69, 9.17) is 0 Å². The maximum atomic E-state index is 4.58. The first kappa shape index (κ1) is 13.7. The normalized spacial score (nSPS) is 12.8. The Labute approximate surface area is 117 Å². The number of thiazole rings is 1. The van der Waals surface area contributed by atoms with Gasteiger partial charge in [0.25, 0.3) is 0 Å². The van der Waals surface area contributed by atoms with Crippen molar-refractivity contribution in [3.8, 4) is 0 Å². The third kappa shape index (κ3) is 3.40. The lowest BCUT2D eigenvalue weighted by atomic mass is 10.0. The molecular weight excluding hydrogens is 260 g/mol. The van der Waals surface area contributed by atoms with E-state index in [-0.39, 0.29) is 0 Å². The fourth-order valence-electron chi connectivity index (χ4n) is 2.08. The van der Waals surface area contributed by atoms with Crippen LogP contribution in [0.3, 0.4) is 0 Å². The van der Waals surface area contributed by atoms with Gasteiger partial charge >= 0.3 is 0 Å². The first-order valence-corrected chi connectivity index (χ1v) is 8.15. The van der Waals surface area contributed by atoms with Gasteiger partial charge in [-0.25, -0.2) is 4.98 Å². The second-order valence-electron chi connectivity index (χ2n) is 4.50. The van der Waals surface area contributed by atoms with Crippen LogP contribution in [0.1, 0.15) is 40.5 Å². The van der Waals surface area contributed by atoms with Crippen LogP contribution in [0.2, 0.25) is 0 Å².